The third-order valence-electron chi connectivity index (χ3n) is 4.64. The number of nitrogens with zero attached hydrogens (tertiary/aromatic N) is 4. The van der Waals surface area contributed by atoms with E-state index in [9.17, 15) is 0 Å². The van der Waals surface area contributed by atoms with Crippen molar-refractivity contribution in [2.24, 2.45) is 7.05 Å². The first-order valence-electron chi connectivity index (χ1n) is 8.35. The summed E-state index contributed by atoms with van der Waals surface area (Å²) in [7, 11) is 6.29. The Labute approximate surface area is 138 Å². The Morgan fingerprint density at radius 3 is 2.43 bits per heavy atom. The molecule has 5 nitrogen and oxygen atoms in total. The fourth-order valence-corrected chi connectivity index (χ4v) is 3.25. The molecule has 5 heteroatoms. The maximum Gasteiger partial charge on any atom is 0.140 e. The Bertz CT molecular complexity index is 614. The van der Waals surface area contributed by atoms with Crippen LogP contribution in [0, 0.1) is 0 Å². The van der Waals surface area contributed by atoms with Crippen molar-refractivity contribution in [2.45, 2.75) is 6.04 Å². The second-order valence-corrected chi connectivity index (χ2v) is 6.38. The maximum atomic E-state index is 4.96. The lowest BCUT2D eigenvalue weighted by Gasteiger charge is -2.37. The van der Waals surface area contributed by atoms with Gasteiger partial charge in [-0.1, -0.05) is 30.3 Å². The molecule has 1 aromatic carbocycles. The molecule has 23 heavy (non-hydrogen) atoms. The summed E-state index contributed by atoms with van der Waals surface area (Å²) < 4.78 is 2.14. The molecule has 124 valence electrons. The molecule has 2 aromatic rings. The Morgan fingerprint density at radius 1 is 1.09 bits per heavy atom. The van der Waals surface area contributed by atoms with E-state index in [0.29, 0.717) is 6.04 Å². The van der Waals surface area contributed by atoms with Crippen molar-refractivity contribution in [1.29, 1.82) is 0 Å². The quantitative estimate of drug-likeness (QED) is 0.909. The van der Waals surface area contributed by atoms with Crippen molar-refractivity contribution in [3.05, 3.63) is 42.2 Å². The molecule has 0 spiro atoms. The van der Waals surface area contributed by atoms with E-state index in [4.69, 9.17) is 4.98 Å². The van der Waals surface area contributed by atoms with Gasteiger partial charge in [0, 0.05) is 51.5 Å². The van der Waals surface area contributed by atoms with E-state index >= 15 is 0 Å². The summed E-state index contributed by atoms with van der Waals surface area (Å²) >= 11 is 0. The highest BCUT2D eigenvalue weighted by atomic mass is 15.3. The minimum absolute atomic E-state index is 0.331. The third-order valence-corrected chi connectivity index (χ3v) is 4.64. The average molecular weight is 313 g/mol. The van der Waals surface area contributed by atoms with Crippen molar-refractivity contribution in [1.82, 2.24) is 24.7 Å². The molecule has 2 heterocycles. The molecule has 1 aliphatic heterocycles. The van der Waals surface area contributed by atoms with Crippen LogP contribution < -0.4 is 5.32 Å². The lowest BCUT2D eigenvalue weighted by molar-refractivity contribution is 0.109. The highest BCUT2D eigenvalue weighted by molar-refractivity contribution is 5.55. The van der Waals surface area contributed by atoms with Crippen LogP contribution in [0.5, 0.6) is 0 Å². The monoisotopic (exact) mass is 313 g/mol. The minimum atomic E-state index is 0.331. The summed E-state index contributed by atoms with van der Waals surface area (Å²) in [6.07, 6.45) is 2.18. The Kier molecular flexibility index (Phi) is 5.10. The maximum absolute atomic E-state index is 4.96. The number of hydrogen-bond acceptors (Lipinski definition) is 4. The van der Waals surface area contributed by atoms with Crippen molar-refractivity contribution in [2.75, 3.05) is 46.8 Å². The molecule has 1 fully saturated rings. The number of benzene rings is 1. The Morgan fingerprint density at radius 2 is 1.78 bits per heavy atom. The van der Waals surface area contributed by atoms with Gasteiger partial charge in [0.1, 0.15) is 5.82 Å². The van der Waals surface area contributed by atoms with Crippen LogP contribution in [-0.2, 0) is 7.05 Å². The van der Waals surface area contributed by atoms with Crippen molar-refractivity contribution in [3.8, 4) is 11.4 Å². The van der Waals surface area contributed by atoms with Gasteiger partial charge in [-0.05, 0) is 14.1 Å². The van der Waals surface area contributed by atoms with Gasteiger partial charge in [-0.15, -0.1) is 0 Å². The van der Waals surface area contributed by atoms with Crippen LogP contribution in [0.4, 0.5) is 0 Å². The number of hydrogen-bond donors (Lipinski definition) is 1. The lowest BCUT2D eigenvalue weighted by atomic mass is 10.1. The number of likely N-dealkylation sites (N-methyl/N-ethyl adjacent to an activating group) is 2. The zero-order chi connectivity index (χ0) is 16.2. The number of aryl methyl sites for hydroxylation is 1. The van der Waals surface area contributed by atoms with Gasteiger partial charge in [-0.3, -0.25) is 4.90 Å². The van der Waals surface area contributed by atoms with E-state index in [1.54, 1.807) is 0 Å². The predicted molar refractivity (Wildman–Crippen MR) is 94.4 cm³/mol. The molecule has 1 N–H and O–H groups in total. The molecule has 1 aromatic heterocycles. The summed E-state index contributed by atoms with van der Waals surface area (Å²) in [5.74, 6) is 1.04. The van der Waals surface area contributed by atoms with Crippen molar-refractivity contribution >= 4 is 0 Å². The minimum Gasteiger partial charge on any atom is -0.334 e. The SMILES string of the molecule is CNCC(c1cn(C)c(-c2ccccc2)n1)N1CCN(C)CC1. The molecule has 1 saturated heterocycles. The van der Waals surface area contributed by atoms with Gasteiger partial charge in [0.15, 0.2) is 0 Å². The molecule has 0 saturated carbocycles. The summed E-state index contributed by atoms with van der Waals surface area (Å²) in [6.45, 7) is 5.37. The van der Waals surface area contributed by atoms with Crippen LogP contribution >= 0.6 is 0 Å². The van der Waals surface area contributed by atoms with E-state index in [-0.39, 0.29) is 0 Å². The second-order valence-electron chi connectivity index (χ2n) is 6.38. The molecule has 1 unspecified atom stereocenters. The zero-order valence-electron chi connectivity index (χ0n) is 14.4. The van der Waals surface area contributed by atoms with Gasteiger partial charge in [-0.25, -0.2) is 4.98 Å². The van der Waals surface area contributed by atoms with Crippen LogP contribution in [0.15, 0.2) is 36.5 Å². The topological polar surface area (TPSA) is 36.3 Å². The molecule has 1 aliphatic rings. The number of aromatic nitrogens is 2. The smallest absolute Gasteiger partial charge is 0.140 e. The summed E-state index contributed by atoms with van der Waals surface area (Å²) in [6, 6.07) is 10.7. The van der Waals surface area contributed by atoms with E-state index in [2.05, 4.69) is 64.2 Å². The number of rotatable bonds is 5. The van der Waals surface area contributed by atoms with Crippen LogP contribution in [0.2, 0.25) is 0 Å². The standard InChI is InChI=1S/C18H27N5/c1-19-13-17(23-11-9-21(2)10-12-23)16-14-22(3)18(20-16)15-7-5-4-6-8-15/h4-8,14,17,19H,9-13H2,1-3H3. The Balaban J connectivity index is 1.86. The molecule has 1 atom stereocenters. The fourth-order valence-electron chi connectivity index (χ4n) is 3.25. The van der Waals surface area contributed by atoms with Crippen LogP contribution in [0.3, 0.4) is 0 Å². The molecule has 0 bridgehead atoms. The first-order valence-corrected chi connectivity index (χ1v) is 8.35. The highest BCUT2D eigenvalue weighted by Gasteiger charge is 2.26. The molecular weight excluding hydrogens is 286 g/mol. The van der Waals surface area contributed by atoms with Crippen molar-refractivity contribution < 1.29 is 0 Å². The first-order chi connectivity index (χ1) is 11.2. The molecule has 0 aliphatic carbocycles. The third kappa shape index (κ3) is 3.63. The average Bonchev–Trinajstić information content (AvgIpc) is 2.96. The van der Waals surface area contributed by atoms with Crippen LogP contribution in [-0.4, -0.2) is 66.2 Å². The van der Waals surface area contributed by atoms with E-state index in [0.717, 1.165) is 44.2 Å². The fraction of sp³-hybridized carbons (Fsp3) is 0.500. The number of nitrogens with one attached hydrogen (secondary N) is 1. The molecule has 0 amide bonds. The number of imidazole rings is 1. The van der Waals surface area contributed by atoms with Gasteiger partial charge >= 0.3 is 0 Å². The predicted octanol–water partition coefficient (Wildman–Crippen LogP) is 1.59. The van der Waals surface area contributed by atoms with Gasteiger partial charge in [-0.2, -0.15) is 0 Å². The van der Waals surface area contributed by atoms with Gasteiger partial charge in [0.05, 0.1) is 11.7 Å². The molecule has 0 radical (unpaired) electrons. The second kappa shape index (κ2) is 7.25. The van der Waals surface area contributed by atoms with Crippen molar-refractivity contribution in [3.63, 3.8) is 0 Å². The van der Waals surface area contributed by atoms with E-state index in [1.165, 1.54) is 5.56 Å². The zero-order valence-corrected chi connectivity index (χ0v) is 14.4. The largest absolute Gasteiger partial charge is 0.334 e. The normalized spacial score (nSPS) is 18.2. The van der Waals surface area contributed by atoms with Gasteiger partial charge in [0.2, 0.25) is 0 Å². The first kappa shape index (κ1) is 16.2. The summed E-state index contributed by atoms with van der Waals surface area (Å²) in [5.41, 5.74) is 2.33. The van der Waals surface area contributed by atoms with E-state index in [1.807, 2.05) is 13.1 Å². The Hall–Kier alpha value is -1.69. The van der Waals surface area contributed by atoms with E-state index < -0.39 is 0 Å². The highest BCUT2D eigenvalue weighted by Crippen LogP contribution is 2.25. The van der Waals surface area contributed by atoms with Crippen LogP contribution in [0.25, 0.3) is 11.4 Å². The summed E-state index contributed by atoms with van der Waals surface area (Å²) in [5, 5.41) is 3.34. The molecule has 3 rings (SSSR count). The van der Waals surface area contributed by atoms with Gasteiger partial charge in [0.25, 0.3) is 0 Å². The van der Waals surface area contributed by atoms with Gasteiger partial charge < -0.3 is 14.8 Å². The number of piperazine rings is 1. The lowest BCUT2D eigenvalue weighted by Crippen LogP contribution is -2.47. The molecular formula is C18H27N5. The van der Waals surface area contributed by atoms with Crippen LogP contribution in [0.1, 0.15) is 11.7 Å². The summed E-state index contributed by atoms with van der Waals surface area (Å²) in [4.78, 5) is 9.90.